The summed E-state index contributed by atoms with van der Waals surface area (Å²) >= 11 is 1.44. The van der Waals surface area contributed by atoms with E-state index in [0.717, 1.165) is 10.9 Å². The molecule has 2 aromatic heterocycles. The van der Waals surface area contributed by atoms with Crippen LogP contribution in [0.2, 0.25) is 0 Å². The summed E-state index contributed by atoms with van der Waals surface area (Å²) in [7, 11) is 0. The molecule has 0 radical (unpaired) electrons. The average Bonchev–Trinajstić information content (AvgIpc) is 3.17. The molecule has 0 bridgehead atoms. The fourth-order valence-corrected chi connectivity index (χ4v) is 2.67. The lowest BCUT2D eigenvalue weighted by atomic mass is 10.1. The normalized spacial score (nSPS) is 10.5. The summed E-state index contributed by atoms with van der Waals surface area (Å²) in [6, 6.07) is 8.35. The van der Waals surface area contributed by atoms with E-state index < -0.39 is 5.91 Å². The summed E-state index contributed by atoms with van der Waals surface area (Å²) in [5.41, 5.74) is 6.73. The van der Waals surface area contributed by atoms with Crippen LogP contribution >= 0.6 is 11.3 Å². The molecule has 0 aliphatic heterocycles. The van der Waals surface area contributed by atoms with Gasteiger partial charge in [-0.1, -0.05) is 0 Å². The molecule has 7 heteroatoms. The van der Waals surface area contributed by atoms with Crippen LogP contribution in [0.25, 0.3) is 11.3 Å². The molecule has 112 valence electrons. The fourth-order valence-electron chi connectivity index (χ4n) is 1.96. The van der Waals surface area contributed by atoms with Crippen molar-refractivity contribution in [3.05, 3.63) is 53.3 Å². The van der Waals surface area contributed by atoms with Crippen LogP contribution in [0.1, 0.15) is 16.1 Å². The molecule has 0 fully saturated rings. The number of aromatic nitrogens is 1. The van der Waals surface area contributed by atoms with Crippen molar-refractivity contribution in [2.24, 2.45) is 5.73 Å². The second-order valence-corrected chi connectivity index (χ2v) is 5.43. The van der Waals surface area contributed by atoms with Crippen LogP contribution in [0, 0.1) is 0 Å². The van der Waals surface area contributed by atoms with E-state index in [4.69, 9.17) is 10.2 Å². The molecule has 3 rings (SSSR count). The van der Waals surface area contributed by atoms with Crippen molar-refractivity contribution in [2.75, 3.05) is 5.32 Å². The van der Waals surface area contributed by atoms with Gasteiger partial charge in [-0.15, -0.1) is 11.3 Å². The fraction of sp³-hybridized carbons (Fsp3) is 0.0667. The Hall–Kier alpha value is -2.80. The Morgan fingerprint density at radius 2 is 2.27 bits per heavy atom. The van der Waals surface area contributed by atoms with Gasteiger partial charge in [0.25, 0.3) is 5.91 Å². The van der Waals surface area contributed by atoms with Crippen molar-refractivity contribution in [1.29, 1.82) is 0 Å². The van der Waals surface area contributed by atoms with Crippen molar-refractivity contribution >= 4 is 22.4 Å². The first-order valence-electron chi connectivity index (χ1n) is 6.48. The lowest BCUT2D eigenvalue weighted by molar-refractivity contribution is 0.0998. The lowest BCUT2D eigenvalue weighted by Crippen LogP contribution is -2.11. The van der Waals surface area contributed by atoms with Crippen LogP contribution in [0.3, 0.4) is 0 Å². The van der Waals surface area contributed by atoms with E-state index in [0.29, 0.717) is 17.8 Å². The number of hydrogen-bond donors (Lipinski definition) is 3. The van der Waals surface area contributed by atoms with Gasteiger partial charge in [0.15, 0.2) is 5.13 Å². The molecule has 4 N–H and O–H groups in total. The number of primary amides is 1. The highest BCUT2D eigenvalue weighted by Gasteiger charge is 2.11. The number of thiazole rings is 1. The van der Waals surface area contributed by atoms with E-state index in [1.165, 1.54) is 23.5 Å². The number of anilines is 1. The first-order valence-corrected chi connectivity index (χ1v) is 7.36. The average molecular weight is 315 g/mol. The molecule has 1 aromatic carbocycles. The van der Waals surface area contributed by atoms with Crippen molar-refractivity contribution in [2.45, 2.75) is 6.54 Å². The number of nitrogens with two attached hydrogens (primary N) is 1. The van der Waals surface area contributed by atoms with Gasteiger partial charge in [-0.05, 0) is 30.3 Å². The summed E-state index contributed by atoms with van der Waals surface area (Å²) in [6.07, 6.45) is 1.62. The van der Waals surface area contributed by atoms with E-state index in [-0.39, 0.29) is 11.3 Å². The maximum atomic E-state index is 11.3. The third kappa shape index (κ3) is 2.94. The monoisotopic (exact) mass is 315 g/mol. The predicted octanol–water partition coefficient (Wildman–Crippen LogP) is 2.82. The first kappa shape index (κ1) is 14.2. The highest BCUT2D eigenvalue weighted by Crippen LogP contribution is 2.28. The van der Waals surface area contributed by atoms with Gasteiger partial charge < -0.3 is 20.6 Å². The second kappa shape index (κ2) is 5.90. The highest BCUT2D eigenvalue weighted by molar-refractivity contribution is 7.14. The molecular weight excluding hydrogens is 302 g/mol. The van der Waals surface area contributed by atoms with Crippen molar-refractivity contribution in [3.8, 4) is 17.0 Å². The third-order valence-corrected chi connectivity index (χ3v) is 3.86. The first-order chi connectivity index (χ1) is 10.6. The molecule has 0 aliphatic carbocycles. The number of carbonyl (C=O) groups excluding carboxylic acids is 1. The van der Waals surface area contributed by atoms with Crippen LogP contribution in [-0.2, 0) is 6.54 Å². The number of aromatic hydroxyl groups is 1. The van der Waals surface area contributed by atoms with E-state index in [1.54, 1.807) is 12.3 Å². The molecule has 0 atom stereocenters. The molecule has 0 unspecified atom stereocenters. The smallest absolute Gasteiger partial charge is 0.252 e. The number of nitrogens with zero attached hydrogens (tertiary/aromatic N) is 1. The van der Waals surface area contributed by atoms with Crippen LogP contribution in [-0.4, -0.2) is 16.0 Å². The number of benzene rings is 1. The molecule has 0 aliphatic rings. The summed E-state index contributed by atoms with van der Waals surface area (Å²) < 4.78 is 5.24. The van der Waals surface area contributed by atoms with Crippen molar-refractivity contribution in [1.82, 2.24) is 4.98 Å². The number of furan rings is 1. The van der Waals surface area contributed by atoms with E-state index in [2.05, 4.69) is 10.3 Å². The highest BCUT2D eigenvalue weighted by atomic mass is 32.1. The summed E-state index contributed by atoms with van der Waals surface area (Å²) in [6.45, 7) is 0.544. The van der Waals surface area contributed by atoms with Crippen molar-refractivity contribution < 1.29 is 14.3 Å². The Kier molecular flexibility index (Phi) is 3.80. The summed E-state index contributed by atoms with van der Waals surface area (Å²) in [5.74, 6) is 0.00536. The number of amides is 1. The van der Waals surface area contributed by atoms with Crippen molar-refractivity contribution in [3.63, 3.8) is 0 Å². The Morgan fingerprint density at radius 3 is 3.00 bits per heavy atom. The van der Waals surface area contributed by atoms with E-state index >= 15 is 0 Å². The van der Waals surface area contributed by atoms with Gasteiger partial charge >= 0.3 is 0 Å². The minimum atomic E-state index is -0.675. The van der Waals surface area contributed by atoms with Gasteiger partial charge in [0.05, 0.1) is 24.1 Å². The van der Waals surface area contributed by atoms with E-state index in [9.17, 15) is 9.90 Å². The number of rotatable bonds is 5. The lowest BCUT2D eigenvalue weighted by Gasteiger charge is -2.03. The summed E-state index contributed by atoms with van der Waals surface area (Å²) in [5, 5.41) is 15.4. The van der Waals surface area contributed by atoms with Crippen LogP contribution in [0.15, 0.2) is 46.4 Å². The predicted molar refractivity (Wildman–Crippen MR) is 83.8 cm³/mol. The Balaban J connectivity index is 1.78. The zero-order chi connectivity index (χ0) is 15.5. The number of hydrogen-bond acceptors (Lipinski definition) is 6. The van der Waals surface area contributed by atoms with Crippen LogP contribution in [0.4, 0.5) is 5.13 Å². The zero-order valence-corrected chi connectivity index (χ0v) is 12.3. The quantitative estimate of drug-likeness (QED) is 0.672. The standard InChI is InChI=1S/C15H13N3O3S/c16-14(20)11-6-9(3-4-13(11)19)12-8-22-15(18-12)17-7-10-2-1-5-21-10/h1-6,8,19H,7H2,(H2,16,20)(H,17,18). The van der Waals surface area contributed by atoms with Gasteiger partial charge in [-0.3, -0.25) is 4.79 Å². The number of nitrogens with one attached hydrogen (secondary N) is 1. The van der Waals surface area contributed by atoms with Gasteiger partial charge in [-0.2, -0.15) is 0 Å². The SMILES string of the molecule is NC(=O)c1cc(-c2csc(NCc3ccco3)n2)ccc1O. The maximum Gasteiger partial charge on any atom is 0.252 e. The van der Waals surface area contributed by atoms with E-state index in [1.807, 2.05) is 17.5 Å². The molecule has 0 saturated carbocycles. The molecule has 6 nitrogen and oxygen atoms in total. The molecular formula is C15H13N3O3S. The molecule has 3 aromatic rings. The molecule has 0 saturated heterocycles. The minimum absolute atomic E-state index is 0.0793. The van der Waals surface area contributed by atoms with Gasteiger partial charge in [0.1, 0.15) is 11.5 Å². The number of carbonyl (C=O) groups is 1. The maximum absolute atomic E-state index is 11.3. The molecule has 0 spiro atoms. The van der Waals surface area contributed by atoms with Gasteiger partial charge in [0.2, 0.25) is 0 Å². The van der Waals surface area contributed by atoms with Crippen LogP contribution in [0.5, 0.6) is 5.75 Å². The molecule has 2 heterocycles. The van der Waals surface area contributed by atoms with Crippen LogP contribution < -0.4 is 11.1 Å². The molecule has 1 amide bonds. The third-order valence-electron chi connectivity index (χ3n) is 3.06. The second-order valence-electron chi connectivity index (χ2n) is 4.57. The van der Waals surface area contributed by atoms with Gasteiger partial charge in [-0.25, -0.2) is 4.98 Å². The van der Waals surface area contributed by atoms with Gasteiger partial charge in [0, 0.05) is 10.9 Å². The Bertz CT molecular complexity index is 796. The Morgan fingerprint density at radius 1 is 1.41 bits per heavy atom. The molecule has 22 heavy (non-hydrogen) atoms. The summed E-state index contributed by atoms with van der Waals surface area (Å²) in [4.78, 5) is 15.7. The zero-order valence-electron chi connectivity index (χ0n) is 11.4. The Labute approximate surface area is 130 Å². The number of phenols is 1. The minimum Gasteiger partial charge on any atom is -0.507 e. The topological polar surface area (TPSA) is 101 Å². The largest absolute Gasteiger partial charge is 0.507 e.